The van der Waals surface area contributed by atoms with Crippen molar-refractivity contribution >= 4 is 10.9 Å². The highest BCUT2D eigenvalue weighted by Gasteiger charge is 2.21. The zero-order chi connectivity index (χ0) is 14.7. The van der Waals surface area contributed by atoms with Crippen LogP contribution < -0.4 is 5.32 Å². The Morgan fingerprint density at radius 2 is 2.14 bits per heavy atom. The lowest BCUT2D eigenvalue weighted by Gasteiger charge is -2.29. The van der Waals surface area contributed by atoms with Crippen LogP contribution in [0.5, 0.6) is 0 Å². The van der Waals surface area contributed by atoms with Crippen molar-refractivity contribution in [2.24, 2.45) is 5.92 Å². The first-order chi connectivity index (χ1) is 10.3. The van der Waals surface area contributed by atoms with E-state index in [4.69, 9.17) is 0 Å². The Morgan fingerprint density at radius 1 is 1.24 bits per heavy atom. The third kappa shape index (κ3) is 3.16. The van der Waals surface area contributed by atoms with E-state index in [2.05, 4.69) is 54.2 Å². The average Bonchev–Trinajstić information content (AvgIpc) is 2.92. The molecule has 1 N–H and O–H groups in total. The standard InChI is InChI=1S/C19H28N2/c1-3-11-20-14-17-8-5-7-16-10-12-21(19(16)17)18-9-4-6-15(2)13-18/h5,7-8,10,12,15,18,20H,3-4,6,9,11,13-14H2,1-2H3. The van der Waals surface area contributed by atoms with Crippen LogP contribution in [-0.2, 0) is 6.54 Å². The largest absolute Gasteiger partial charge is 0.344 e. The van der Waals surface area contributed by atoms with Crippen molar-refractivity contribution in [2.45, 2.75) is 58.5 Å². The molecule has 2 heteroatoms. The van der Waals surface area contributed by atoms with E-state index >= 15 is 0 Å². The fourth-order valence-electron chi connectivity index (χ4n) is 3.80. The van der Waals surface area contributed by atoms with E-state index in [0.29, 0.717) is 6.04 Å². The lowest BCUT2D eigenvalue weighted by Crippen LogP contribution is -2.19. The Kier molecular flexibility index (Phi) is 4.64. The van der Waals surface area contributed by atoms with Gasteiger partial charge >= 0.3 is 0 Å². The number of benzene rings is 1. The molecule has 1 aromatic heterocycles. The van der Waals surface area contributed by atoms with Crippen molar-refractivity contribution in [1.82, 2.24) is 9.88 Å². The molecular formula is C19H28N2. The van der Waals surface area contributed by atoms with E-state index in [-0.39, 0.29) is 0 Å². The summed E-state index contributed by atoms with van der Waals surface area (Å²) in [6.07, 6.45) is 8.96. The molecule has 1 saturated carbocycles. The van der Waals surface area contributed by atoms with Gasteiger partial charge in [0.15, 0.2) is 0 Å². The van der Waals surface area contributed by atoms with Gasteiger partial charge in [0, 0.05) is 18.8 Å². The molecule has 21 heavy (non-hydrogen) atoms. The van der Waals surface area contributed by atoms with Gasteiger partial charge in [-0.2, -0.15) is 0 Å². The third-order valence-corrected chi connectivity index (χ3v) is 4.87. The second-order valence-corrected chi connectivity index (χ2v) is 6.68. The first kappa shape index (κ1) is 14.6. The molecule has 2 unspecified atom stereocenters. The van der Waals surface area contributed by atoms with Gasteiger partial charge in [0.05, 0.1) is 5.52 Å². The molecule has 0 amide bonds. The predicted octanol–water partition coefficient (Wildman–Crippen LogP) is 4.89. The van der Waals surface area contributed by atoms with Crippen LogP contribution in [0.2, 0.25) is 0 Å². The first-order valence-electron chi connectivity index (χ1n) is 8.58. The molecule has 114 valence electrons. The maximum atomic E-state index is 3.56. The van der Waals surface area contributed by atoms with Crippen molar-refractivity contribution in [2.75, 3.05) is 6.54 Å². The molecule has 0 radical (unpaired) electrons. The maximum Gasteiger partial charge on any atom is 0.0528 e. The van der Waals surface area contributed by atoms with E-state index in [1.54, 1.807) is 0 Å². The van der Waals surface area contributed by atoms with Crippen LogP contribution in [0.4, 0.5) is 0 Å². The Labute approximate surface area is 128 Å². The summed E-state index contributed by atoms with van der Waals surface area (Å²) in [4.78, 5) is 0. The SMILES string of the molecule is CCCNCc1cccc2ccn(C3CCCC(C)C3)c12. The molecule has 1 fully saturated rings. The van der Waals surface area contributed by atoms with Gasteiger partial charge in [-0.3, -0.25) is 0 Å². The quantitative estimate of drug-likeness (QED) is 0.773. The van der Waals surface area contributed by atoms with Gasteiger partial charge in [0.25, 0.3) is 0 Å². The number of para-hydroxylation sites is 1. The zero-order valence-corrected chi connectivity index (χ0v) is 13.4. The number of hydrogen-bond donors (Lipinski definition) is 1. The molecule has 0 spiro atoms. The zero-order valence-electron chi connectivity index (χ0n) is 13.4. The van der Waals surface area contributed by atoms with Gasteiger partial charge < -0.3 is 9.88 Å². The van der Waals surface area contributed by atoms with Crippen LogP contribution in [0.25, 0.3) is 10.9 Å². The summed E-state index contributed by atoms with van der Waals surface area (Å²) in [5.41, 5.74) is 2.91. The summed E-state index contributed by atoms with van der Waals surface area (Å²) in [7, 11) is 0. The monoisotopic (exact) mass is 284 g/mol. The molecule has 0 bridgehead atoms. The van der Waals surface area contributed by atoms with Gasteiger partial charge in [-0.05, 0) is 48.7 Å². The summed E-state index contributed by atoms with van der Waals surface area (Å²) in [5, 5.41) is 4.95. The maximum absolute atomic E-state index is 3.56. The third-order valence-electron chi connectivity index (χ3n) is 4.87. The lowest BCUT2D eigenvalue weighted by molar-refractivity contribution is 0.287. The van der Waals surface area contributed by atoms with Crippen LogP contribution in [0.1, 0.15) is 57.6 Å². The average molecular weight is 284 g/mol. The van der Waals surface area contributed by atoms with Crippen LogP contribution in [-0.4, -0.2) is 11.1 Å². The molecule has 1 aliphatic carbocycles. The van der Waals surface area contributed by atoms with Crippen molar-refractivity contribution in [1.29, 1.82) is 0 Å². The number of aromatic nitrogens is 1. The minimum atomic E-state index is 0.693. The summed E-state index contributed by atoms with van der Waals surface area (Å²) in [6, 6.07) is 9.71. The van der Waals surface area contributed by atoms with Crippen LogP contribution in [0, 0.1) is 5.92 Å². The summed E-state index contributed by atoms with van der Waals surface area (Å²) < 4.78 is 2.56. The minimum absolute atomic E-state index is 0.693. The molecule has 1 aromatic carbocycles. The number of hydrogen-bond acceptors (Lipinski definition) is 1. The summed E-state index contributed by atoms with van der Waals surface area (Å²) in [5.74, 6) is 0.867. The van der Waals surface area contributed by atoms with Crippen LogP contribution in [0.15, 0.2) is 30.5 Å². The van der Waals surface area contributed by atoms with Crippen LogP contribution in [0.3, 0.4) is 0 Å². The number of fused-ring (bicyclic) bond motifs is 1. The fourth-order valence-corrected chi connectivity index (χ4v) is 3.80. The summed E-state index contributed by atoms with van der Waals surface area (Å²) >= 11 is 0. The lowest BCUT2D eigenvalue weighted by atomic mass is 9.87. The van der Waals surface area contributed by atoms with Crippen LogP contribution >= 0.6 is 0 Å². The normalized spacial score (nSPS) is 22.8. The molecule has 0 aliphatic heterocycles. The van der Waals surface area contributed by atoms with E-state index in [9.17, 15) is 0 Å². The van der Waals surface area contributed by atoms with Gasteiger partial charge in [0.2, 0.25) is 0 Å². The Bertz CT molecular complexity index is 584. The Morgan fingerprint density at radius 3 is 2.95 bits per heavy atom. The van der Waals surface area contributed by atoms with E-state index in [1.807, 2.05) is 0 Å². The highest BCUT2D eigenvalue weighted by atomic mass is 15.0. The Hall–Kier alpha value is -1.28. The molecule has 2 nitrogen and oxygen atoms in total. The minimum Gasteiger partial charge on any atom is -0.344 e. The molecule has 1 heterocycles. The highest BCUT2D eigenvalue weighted by Crippen LogP contribution is 2.35. The smallest absolute Gasteiger partial charge is 0.0528 e. The fraction of sp³-hybridized carbons (Fsp3) is 0.579. The highest BCUT2D eigenvalue weighted by molar-refractivity contribution is 5.83. The molecule has 2 aromatic rings. The van der Waals surface area contributed by atoms with Gasteiger partial charge in [0.1, 0.15) is 0 Å². The summed E-state index contributed by atoms with van der Waals surface area (Å²) in [6.45, 7) is 6.70. The van der Waals surface area contributed by atoms with E-state index < -0.39 is 0 Å². The molecule has 2 atom stereocenters. The van der Waals surface area contributed by atoms with Crippen molar-refractivity contribution in [3.8, 4) is 0 Å². The molecule has 3 rings (SSSR count). The number of nitrogens with zero attached hydrogens (tertiary/aromatic N) is 1. The van der Waals surface area contributed by atoms with Crippen molar-refractivity contribution in [3.63, 3.8) is 0 Å². The first-order valence-corrected chi connectivity index (χ1v) is 8.58. The van der Waals surface area contributed by atoms with E-state index in [1.165, 1.54) is 48.6 Å². The van der Waals surface area contributed by atoms with E-state index in [0.717, 1.165) is 19.0 Å². The topological polar surface area (TPSA) is 17.0 Å². The van der Waals surface area contributed by atoms with Gasteiger partial charge in [-0.25, -0.2) is 0 Å². The van der Waals surface area contributed by atoms with Crippen molar-refractivity contribution in [3.05, 3.63) is 36.0 Å². The second-order valence-electron chi connectivity index (χ2n) is 6.68. The van der Waals surface area contributed by atoms with Crippen molar-refractivity contribution < 1.29 is 0 Å². The second kappa shape index (κ2) is 6.65. The molecule has 1 aliphatic rings. The number of nitrogens with one attached hydrogen (secondary N) is 1. The molecular weight excluding hydrogens is 256 g/mol. The molecule has 0 saturated heterocycles. The van der Waals surface area contributed by atoms with Gasteiger partial charge in [-0.15, -0.1) is 0 Å². The number of rotatable bonds is 5. The van der Waals surface area contributed by atoms with Gasteiger partial charge in [-0.1, -0.05) is 44.9 Å². The predicted molar refractivity (Wildman–Crippen MR) is 90.6 cm³/mol. The Balaban J connectivity index is 1.91.